The summed E-state index contributed by atoms with van der Waals surface area (Å²) in [7, 11) is 0. The molecule has 0 fully saturated rings. The van der Waals surface area contributed by atoms with E-state index in [-0.39, 0.29) is 0 Å². The lowest BCUT2D eigenvalue weighted by atomic mass is 9.81. The molecule has 10 aliphatic rings. The summed E-state index contributed by atoms with van der Waals surface area (Å²) in [6.07, 6.45) is 0. The van der Waals surface area contributed by atoms with Gasteiger partial charge >= 0.3 is 0 Å². The molecule has 6 aliphatic heterocycles. The third-order valence-electron chi connectivity index (χ3n) is 24.6. The molecule has 478 valence electrons. The molecule has 0 unspecified atom stereocenters. The predicted molar refractivity (Wildman–Crippen MR) is 422 cm³/mol. The first-order valence-corrected chi connectivity index (χ1v) is 40.6. The van der Waals surface area contributed by atoms with Gasteiger partial charge in [-0.25, -0.2) is 0 Å². The normalized spacial score (nSPS) is 17.8. The van der Waals surface area contributed by atoms with E-state index in [0.29, 0.717) is 0 Å². The summed E-state index contributed by atoms with van der Waals surface area (Å²) in [5.74, 6) is 3.57. The molecule has 4 aliphatic carbocycles. The van der Waals surface area contributed by atoms with Gasteiger partial charge < -0.3 is 29.1 Å². The maximum absolute atomic E-state index is 8.61. The molecule has 6 nitrogen and oxygen atoms in total. The fourth-order valence-corrected chi connectivity index (χ4v) is 30.8. The maximum Gasteiger partial charge on any atom is 0.143 e. The Labute approximate surface area is 592 Å². The molecule has 23 rings (SSSR count). The van der Waals surface area contributed by atoms with Crippen molar-refractivity contribution in [2.24, 2.45) is 0 Å². The molecule has 0 aromatic heterocycles. The third-order valence-corrected chi connectivity index (χ3v) is 34.2. The second-order valence-corrected chi connectivity index (χ2v) is 39.3. The minimum absolute atomic E-state index is 0.476. The molecule has 100 heavy (non-hydrogen) atoms. The number of hydrogen-bond donors (Lipinski definition) is 0. The molecule has 0 saturated carbocycles. The van der Waals surface area contributed by atoms with E-state index in [0.717, 1.165) is 123 Å². The van der Waals surface area contributed by atoms with Crippen LogP contribution in [0.4, 0.5) is 68.2 Å². The molecular formula is C90H64N4O2P2S2. The lowest BCUT2D eigenvalue weighted by Crippen LogP contribution is -2.52. The lowest BCUT2D eigenvalue weighted by molar-refractivity contribution is 0.455. The van der Waals surface area contributed by atoms with E-state index < -0.39 is 33.7 Å². The van der Waals surface area contributed by atoms with Gasteiger partial charge in [0.05, 0.1) is 78.8 Å². The Kier molecular flexibility index (Phi) is 10.4. The first-order chi connectivity index (χ1) is 48.5. The average Bonchev–Trinajstić information content (AvgIpc) is 0.910. The van der Waals surface area contributed by atoms with E-state index >= 15 is 0 Å². The molecule has 13 aromatic rings. The van der Waals surface area contributed by atoms with Gasteiger partial charge in [-0.3, -0.25) is 0 Å². The maximum atomic E-state index is 8.61. The summed E-state index contributed by atoms with van der Waals surface area (Å²) in [5.41, 5.74) is 29.9. The highest BCUT2D eigenvalue weighted by molar-refractivity contribution is 8.27. The monoisotopic (exact) mass is 1360 g/mol. The molecule has 0 bridgehead atoms. The van der Waals surface area contributed by atoms with Gasteiger partial charge in [0.15, 0.2) is 0 Å². The van der Waals surface area contributed by atoms with Crippen LogP contribution in [0.15, 0.2) is 243 Å². The van der Waals surface area contributed by atoms with Crippen LogP contribution in [0.25, 0.3) is 44.5 Å². The average molecular weight is 1360 g/mol. The number of para-hydroxylation sites is 4. The molecule has 10 heteroatoms. The summed E-state index contributed by atoms with van der Waals surface area (Å²) >= 11 is 17.2. The Balaban J connectivity index is 1.01. The van der Waals surface area contributed by atoms with Crippen LogP contribution < -0.4 is 60.9 Å². The second-order valence-electron chi connectivity index (χ2n) is 30.9. The van der Waals surface area contributed by atoms with Gasteiger partial charge in [-0.2, -0.15) is 0 Å². The fraction of sp³-hybridized carbons (Fsp3) is 0.133. The molecule has 0 spiro atoms. The number of nitrogens with zero attached hydrogens (tertiary/aromatic N) is 4. The Morgan fingerprint density at radius 3 is 0.670 bits per heavy atom. The molecule has 6 heterocycles. The zero-order valence-electron chi connectivity index (χ0n) is 56.4. The first-order valence-electron chi connectivity index (χ1n) is 35.0. The van der Waals surface area contributed by atoms with Crippen LogP contribution in [0.2, 0.25) is 0 Å². The number of rotatable bonds is 4. The van der Waals surface area contributed by atoms with Gasteiger partial charge in [0.1, 0.15) is 23.0 Å². The van der Waals surface area contributed by atoms with E-state index in [1.165, 1.54) is 89.0 Å². The van der Waals surface area contributed by atoms with Crippen molar-refractivity contribution in [3.63, 3.8) is 0 Å². The van der Waals surface area contributed by atoms with Crippen LogP contribution in [0.5, 0.6) is 23.0 Å². The van der Waals surface area contributed by atoms with Crippen molar-refractivity contribution in [2.75, 3.05) is 19.6 Å². The SMILES string of the molecule is CC1(C)c2ccccc2-c2cc3c4c(c21)Oc1c2c(cc5c1P4(=S)c1c(c4c6c(c1N5c1ccccc1)N(c1ccccc1)c1cc5c(c7c1P6(=S)c1c(cc6c(c1O7)C(C)(C)c1ccccc1-6)N4c1ccccc1)C(C)(C)c1ccccc1-5)N3c1ccccc1)-c1ccccc1C2(C)C. The van der Waals surface area contributed by atoms with Crippen molar-refractivity contribution in [1.82, 2.24) is 0 Å². The number of fused-ring (bicyclic) bond motifs is 18. The van der Waals surface area contributed by atoms with Crippen LogP contribution >= 0.6 is 12.1 Å². The summed E-state index contributed by atoms with van der Waals surface area (Å²) in [6.45, 7) is 19.3. The third kappa shape index (κ3) is 6.26. The minimum Gasteiger partial charge on any atom is -0.455 e. The Morgan fingerprint density at radius 1 is 0.250 bits per heavy atom. The van der Waals surface area contributed by atoms with Crippen molar-refractivity contribution in [1.29, 1.82) is 0 Å². The smallest absolute Gasteiger partial charge is 0.143 e. The van der Waals surface area contributed by atoms with Crippen molar-refractivity contribution < 1.29 is 9.47 Å². The molecule has 0 atom stereocenters. The van der Waals surface area contributed by atoms with Crippen molar-refractivity contribution >= 4 is 136 Å². The van der Waals surface area contributed by atoms with Crippen LogP contribution in [-0.2, 0) is 45.3 Å². The summed E-state index contributed by atoms with van der Waals surface area (Å²) < 4.78 is 16.9. The summed E-state index contributed by atoms with van der Waals surface area (Å²) in [6, 6.07) is 84.2. The highest BCUT2D eigenvalue weighted by atomic mass is 32.4. The zero-order valence-corrected chi connectivity index (χ0v) is 59.8. The van der Waals surface area contributed by atoms with E-state index in [9.17, 15) is 0 Å². The van der Waals surface area contributed by atoms with Crippen LogP contribution in [0, 0.1) is 0 Å². The van der Waals surface area contributed by atoms with Gasteiger partial charge in [-0.1, -0.05) is 249 Å². The van der Waals surface area contributed by atoms with Crippen LogP contribution in [0.3, 0.4) is 0 Å². The Morgan fingerprint density at radius 2 is 0.450 bits per heavy atom. The lowest BCUT2D eigenvalue weighted by Gasteiger charge is -2.56. The van der Waals surface area contributed by atoms with Crippen LogP contribution in [0.1, 0.15) is 99.9 Å². The molecule has 0 radical (unpaired) electrons. The van der Waals surface area contributed by atoms with Crippen LogP contribution in [-0.4, -0.2) is 0 Å². The Hall–Kier alpha value is -10.0. The molecule has 0 amide bonds. The highest BCUT2D eigenvalue weighted by Gasteiger charge is 2.64. The summed E-state index contributed by atoms with van der Waals surface area (Å²) in [5, 5.41) is 6.63. The van der Waals surface area contributed by atoms with Crippen molar-refractivity contribution in [3.8, 4) is 67.5 Å². The van der Waals surface area contributed by atoms with E-state index in [1.807, 2.05) is 0 Å². The predicted octanol–water partition coefficient (Wildman–Crippen LogP) is 21.8. The number of benzene rings is 13. The van der Waals surface area contributed by atoms with Crippen molar-refractivity contribution in [3.05, 3.63) is 287 Å². The van der Waals surface area contributed by atoms with E-state index in [4.69, 9.17) is 33.1 Å². The highest BCUT2D eigenvalue weighted by Crippen LogP contribution is 2.79. The molecular weight excluding hydrogens is 1300 g/mol. The topological polar surface area (TPSA) is 31.4 Å². The molecule has 13 aromatic carbocycles. The van der Waals surface area contributed by atoms with Gasteiger partial charge in [0.25, 0.3) is 0 Å². The Bertz CT molecular complexity index is 5460. The second kappa shape index (κ2) is 18.3. The van der Waals surface area contributed by atoms with E-state index in [1.54, 1.807) is 0 Å². The van der Waals surface area contributed by atoms with Gasteiger partial charge in [-0.05, 0) is 140 Å². The van der Waals surface area contributed by atoms with Crippen molar-refractivity contribution in [2.45, 2.75) is 77.0 Å². The minimum atomic E-state index is -3.50. The zero-order chi connectivity index (χ0) is 66.9. The largest absolute Gasteiger partial charge is 0.455 e. The number of hydrogen-bond acceptors (Lipinski definition) is 8. The van der Waals surface area contributed by atoms with Gasteiger partial charge in [0.2, 0.25) is 0 Å². The number of anilines is 12. The van der Waals surface area contributed by atoms with Gasteiger partial charge in [0, 0.05) is 77.3 Å². The molecule has 0 saturated heterocycles. The molecule has 0 N–H and O–H groups in total. The van der Waals surface area contributed by atoms with Gasteiger partial charge in [-0.15, -0.1) is 0 Å². The number of ether oxygens (including phenoxy) is 2. The fourth-order valence-electron chi connectivity index (χ4n) is 20.6. The summed E-state index contributed by atoms with van der Waals surface area (Å²) in [4.78, 5) is 10.6. The first kappa shape index (κ1) is 56.8. The van der Waals surface area contributed by atoms with E-state index in [2.05, 4.69) is 318 Å². The standard InChI is InChI=1S/C90H64N4O2P2S2/c1-87(2)61-41-25-21-37-53(61)57-45-65-81-77(69(57)87)95-78-70-58(54-38-22-26-42-62(54)88(70,3)4)46-66-82(78)97(81,99)85-73(91(65)49-29-13-9-14-30-49)75-86-76(74(85)92(66)50-31-15-10-16-32-50)94(52-35-19-12-20-36-52)68-48-60-56-40-24-28-44-64(56)90(7,8)72(60)80-84(68)98(86,100)83-67(93(75)51-33-17-11-18-34-51)47-59-55-39-23-27-43-63(55)89(5,6)71(59)79(83)96-80/h9-48H,1-8H3. The quantitative estimate of drug-likeness (QED) is 0.161.